The Morgan fingerprint density at radius 2 is 2.09 bits per heavy atom. The SMILES string of the molecule is C=CCN(Cc1ccccc1)C(=O)C1N([C@H](C)CO)C(=O)[C@@H]2[C@H](C(=O)O)[C@H]3SC12CC3Br. The molecule has 1 aromatic carbocycles. The zero-order valence-corrected chi connectivity index (χ0v) is 20.2. The van der Waals surface area contributed by atoms with Gasteiger partial charge >= 0.3 is 5.97 Å². The highest BCUT2D eigenvalue weighted by Gasteiger charge is 2.76. The van der Waals surface area contributed by atoms with Gasteiger partial charge in [0.15, 0.2) is 0 Å². The molecule has 3 saturated heterocycles. The molecule has 0 saturated carbocycles. The second-order valence-electron chi connectivity index (χ2n) is 8.77. The fourth-order valence-electron chi connectivity index (χ4n) is 5.56. The first kappa shape index (κ1) is 23.3. The van der Waals surface area contributed by atoms with Crippen molar-refractivity contribution in [1.29, 1.82) is 0 Å². The molecule has 32 heavy (non-hydrogen) atoms. The number of fused-ring (bicyclic) bond motifs is 1. The second-order valence-corrected chi connectivity index (χ2v) is 11.5. The van der Waals surface area contributed by atoms with Gasteiger partial charge in [0.2, 0.25) is 11.8 Å². The molecule has 3 fully saturated rings. The summed E-state index contributed by atoms with van der Waals surface area (Å²) in [7, 11) is 0. The molecule has 7 atom stereocenters. The van der Waals surface area contributed by atoms with Crippen LogP contribution in [0.25, 0.3) is 0 Å². The van der Waals surface area contributed by atoms with Crippen molar-refractivity contribution in [1.82, 2.24) is 9.80 Å². The van der Waals surface area contributed by atoms with E-state index in [1.165, 1.54) is 16.7 Å². The number of hydrogen-bond acceptors (Lipinski definition) is 5. The average molecular weight is 523 g/mol. The number of aliphatic hydroxyl groups excluding tert-OH is 1. The molecule has 3 unspecified atom stereocenters. The van der Waals surface area contributed by atoms with Crippen LogP contribution in [0.2, 0.25) is 0 Å². The Kier molecular flexibility index (Phi) is 6.44. The number of carboxylic acids is 1. The summed E-state index contributed by atoms with van der Waals surface area (Å²) >= 11 is 5.09. The molecule has 2 N–H and O–H groups in total. The van der Waals surface area contributed by atoms with Crippen LogP contribution in [0.4, 0.5) is 0 Å². The second kappa shape index (κ2) is 8.83. The summed E-state index contributed by atoms with van der Waals surface area (Å²) in [6.07, 6.45) is 2.18. The molecule has 0 aliphatic carbocycles. The van der Waals surface area contributed by atoms with Crippen LogP contribution in [-0.4, -0.2) is 77.9 Å². The molecule has 3 aliphatic heterocycles. The van der Waals surface area contributed by atoms with Gasteiger partial charge in [0.05, 0.1) is 29.2 Å². The van der Waals surface area contributed by atoms with Crippen molar-refractivity contribution in [3.05, 3.63) is 48.6 Å². The Morgan fingerprint density at radius 3 is 2.69 bits per heavy atom. The fraction of sp³-hybridized carbons (Fsp3) is 0.522. The van der Waals surface area contributed by atoms with Crippen molar-refractivity contribution < 1.29 is 24.6 Å². The molecule has 0 aromatic heterocycles. The summed E-state index contributed by atoms with van der Waals surface area (Å²) in [6.45, 7) is 5.84. The lowest BCUT2D eigenvalue weighted by Crippen LogP contribution is -2.57. The monoisotopic (exact) mass is 522 g/mol. The van der Waals surface area contributed by atoms with E-state index in [-0.39, 0.29) is 28.5 Å². The van der Waals surface area contributed by atoms with Crippen LogP contribution in [0.5, 0.6) is 0 Å². The van der Waals surface area contributed by atoms with E-state index < -0.39 is 34.6 Å². The molecular formula is C23H27BrN2O5S. The molecular weight excluding hydrogens is 496 g/mol. The van der Waals surface area contributed by atoms with Crippen LogP contribution in [0.1, 0.15) is 18.9 Å². The van der Waals surface area contributed by atoms with Gasteiger partial charge in [-0.3, -0.25) is 14.4 Å². The number of aliphatic hydroxyl groups is 1. The number of aliphatic carboxylic acids is 1. The minimum Gasteiger partial charge on any atom is -0.481 e. The number of halogens is 1. The summed E-state index contributed by atoms with van der Waals surface area (Å²) < 4.78 is -0.838. The van der Waals surface area contributed by atoms with Crippen molar-refractivity contribution in [2.45, 2.75) is 46.8 Å². The minimum atomic E-state index is -1.01. The van der Waals surface area contributed by atoms with Gasteiger partial charge in [0, 0.05) is 23.2 Å². The topological polar surface area (TPSA) is 98.2 Å². The van der Waals surface area contributed by atoms with Gasteiger partial charge in [0.25, 0.3) is 0 Å². The highest BCUT2D eigenvalue weighted by Crippen LogP contribution is 2.68. The maximum absolute atomic E-state index is 14.1. The van der Waals surface area contributed by atoms with Gasteiger partial charge in [-0.25, -0.2) is 0 Å². The van der Waals surface area contributed by atoms with Crippen LogP contribution < -0.4 is 0 Å². The van der Waals surface area contributed by atoms with E-state index in [2.05, 4.69) is 22.5 Å². The number of likely N-dealkylation sites (tertiary alicyclic amines) is 1. The first-order valence-electron chi connectivity index (χ1n) is 10.7. The molecule has 7 nitrogen and oxygen atoms in total. The highest BCUT2D eigenvalue weighted by atomic mass is 79.9. The number of carbonyl (C=O) groups is 3. The maximum Gasteiger partial charge on any atom is 0.308 e. The van der Waals surface area contributed by atoms with E-state index in [1.54, 1.807) is 17.9 Å². The number of benzene rings is 1. The quantitative estimate of drug-likeness (QED) is 0.400. The van der Waals surface area contributed by atoms with Crippen LogP contribution in [-0.2, 0) is 20.9 Å². The number of hydrogen-bond donors (Lipinski definition) is 2. The molecule has 1 spiro atoms. The van der Waals surface area contributed by atoms with Crippen molar-refractivity contribution in [2.24, 2.45) is 11.8 Å². The van der Waals surface area contributed by atoms with E-state index >= 15 is 0 Å². The van der Waals surface area contributed by atoms with Crippen molar-refractivity contribution in [3.8, 4) is 0 Å². The van der Waals surface area contributed by atoms with Crippen molar-refractivity contribution in [3.63, 3.8) is 0 Å². The van der Waals surface area contributed by atoms with Crippen LogP contribution >= 0.6 is 27.7 Å². The Hall–Kier alpha value is -1.84. The zero-order chi connectivity index (χ0) is 23.2. The molecule has 9 heteroatoms. The molecule has 3 aliphatic rings. The molecule has 172 valence electrons. The number of carbonyl (C=O) groups excluding carboxylic acids is 2. The van der Waals surface area contributed by atoms with Crippen LogP contribution in [0, 0.1) is 11.8 Å². The normalized spacial score (nSPS) is 33.8. The van der Waals surface area contributed by atoms with Crippen LogP contribution in [0.15, 0.2) is 43.0 Å². The fourth-order valence-corrected chi connectivity index (χ4v) is 9.14. The lowest BCUT2D eigenvalue weighted by molar-refractivity contribution is -0.149. The lowest BCUT2D eigenvalue weighted by atomic mass is 9.71. The van der Waals surface area contributed by atoms with Gasteiger partial charge in [-0.2, -0.15) is 0 Å². The van der Waals surface area contributed by atoms with E-state index in [9.17, 15) is 24.6 Å². The summed E-state index contributed by atoms with van der Waals surface area (Å²) in [6, 6.07) is 8.14. The third kappa shape index (κ3) is 3.49. The average Bonchev–Trinajstić information content (AvgIpc) is 3.36. The first-order valence-corrected chi connectivity index (χ1v) is 12.5. The summed E-state index contributed by atoms with van der Waals surface area (Å²) in [5.41, 5.74) is 0.952. The van der Waals surface area contributed by atoms with Gasteiger partial charge in [-0.05, 0) is 18.9 Å². The summed E-state index contributed by atoms with van der Waals surface area (Å²) in [4.78, 5) is 42.8. The Bertz CT molecular complexity index is 930. The smallest absolute Gasteiger partial charge is 0.308 e. The number of rotatable bonds is 8. The summed E-state index contributed by atoms with van der Waals surface area (Å²) in [5, 5.41) is 19.6. The van der Waals surface area contributed by atoms with Crippen molar-refractivity contribution in [2.75, 3.05) is 13.2 Å². The van der Waals surface area contributed by atoms with E-state index in [1.807, 2.05) is 30.3 Å². The highest BCUT2D eigenvalue weighted by molar-refractivity contribution is 9.09. The molecule has 2 amide bonds. The number of alkyl halides is 1. The molecule has 4 rings (SSSR count). The minimum absolute atomic E-state index is 0.0979. The Morgan fingerprint density at radius 1 is 1.41 bits per heavy atom. The van der Waals surface area contributed by atoms with Gasteiger partial charge in [0.1, 0.15) is 6.04 Å². The molecule has 2 bridgehead atoms. The lowest BCUT2D eigenvalue weighted by Gasteiger charge is -2.39. The molecule has 1 aromatic rings. The molecule has 0 radical (unpaired) electrons. The maximum atomic E-state index is 14.1. The largest absolute Gasteiger partial charge is 0.481 e. The predicted octanol–water partition coefficient (Wildman–Crippen LogP) is 2.13. The van der Waals surface area contributed by atoms with E-state index in [0.29, 0.717) is 19.5 Å². The first-order chi connectivity index (χ1) is 15.3. The zero-order valence-electron chi connectivity index (χ0n) is 17.8. The van der Waals surface area contributed by atoms with Gasteiger partial charge in [-0.15, -0.1) is 18.3 Å². The van der Waals surface area contributed by atoms with Gasteiger partial charge < -0.3 is 20.0 Å². The Labute approximate surface area is 200 Å². The van der Waals surface area contributed by atoms with E-state index in [0.717, 1.165) is 5.56 Å². The number of amides is 2. The number of carboxylic acid groups (broad SMARTS) is 1. The standard InChI is InChI=1S/C23H27BrN2O5S/c1-3-9-25(11-14-7-5-4-6-8-14)21(29)19-23-10-15(24)18(32-23)16(22(30)31)17(23)20(28)26(19)13(2)12-27/h3-8,13,15-19,27H,1,9-12H2,2H3,(H,30,31)/t13-,15?,16+,17+,18+,19?,23?/m1/s1. The summed E-state index contributed by atoms with van der Waals surface area (Å²) in [5.74, 6) is -3.23. The third-order valence-electron chi connectivity index (χ3n) is 6.86. The van der Waals surface area contributed by atoms with E-state index in [4.69, 9.17) is 0 Å². The van der Waals surface area contributed by atoms with Crippen LogP contribution in [0.3, 0.4) is 0 Å². The number of nitrogens with zero attached hydrogens (tertiary/aromatic N) is 2. The van der Waals surface area contributed by atoms with Gasteiger partial charge in [-0.1, -0.05) is 52.3 Å². The predicted molar refractivity (Wildman–Crippen MR) is 125 cm³/mol. The molecule has 3 heterocycles. The van der Waals surface area contributed by atoms with Crippen molar-refractivity contribution >= 4 is 45.5 Å². The third-order valence-corrected chi connectivity index (χ3v) is 10.1. The Balaban J connectivity index is 1.76. The number of thioether (sulfide) groups is 1.